The molecule has 0 saturated carbocycles. The van der Waals surface area contributed by atoms with Gasteiger partial charge < -0.3 is 34.5 Å². The van der Waals surface area contributed by atoms with Gasteiger partial charge in [-0.25, -0.2) is 4.98 Å². The van der Waals surface area contributed by atoms with Gasteiger partial charge in [-0.3, -0.25) is 4.79 Å². The largest absolute Gasteiger partial charge is 0.493 e. The Balaban J connectivity index is 1.69. The number of hydrogen-bond donors (Lipinski definition) is 1. The number of benzene rings is 2. The first-order valence-corrected chi connectivity index (χ1v) is 9.14. The highest BCUT2D eigenvalue weighted by Crippen LogP contribution is 2.34. The lowest BCUT2D eigenvalue weighted by molar-refractivity contribution is -0.141. The van der Waals surface area contributed by atoms with E-state index in [1.54, 1.807) is 0 Å². The summed E-state index contributed by atoms with van der Waals surface area (Å²) in [6, 6.07) is 6.91. The smallest absolute Gasteiger partial charge is 0.267 e. The van der Waals surface area contributed by atoms with Crippen LogP contribution in [-0.4, -0.2) is 73.5 Å². The second kappa shape index (κ2) is 8.53. The molecule has 3 aromatic rings. The molecule has 172 valence electrons. The fourth-order valence-electron chi connectivity index (χ4n) is 2.95. The zero-order valence-corrected chi connectivity index (χ0v) is 16.3. The maximum absolute atomic E-state index is 13.9. The highest BCUT2D eigenvalue weighted by Gasteiger charge is 2.33. The summed E-state index contributed by atoms with van der Waals surface area (Å²) < 4.78 is 167. The van der Waals surface area contributed by atoms with Gasteiger partial charge in [-0.15, -0.1) is 0 Å². The van der Waals surface area contributed by atoms with Gasteiger partial charge in [0.15, 0.2) is 25.8 Å². The molecule has 1 unspecified atom stereocenters. The Hall–Kier alpha value is -3.95. The molecule has 0 bridgehead atoms. The Morgan fingerprint density at radius 1 is 1.15 bits per heavy atom. The normalized spacial score (nSPS) is 34.0. The van der Waals surface area contributed by atoms with Crippen LogP contribution < -0.4 is 29.6 Å². The Kier molecular flexibility index (Phi) is 2.27. The Bertz CT molecular complexity index is 1840. The standard InChI is InChI=1S/C23H25N5O5/c1-30-18-11-14-15(12-19(18)31-2)25-23(26-21(14)24)28-9-7-27(8-10-28)22(29)20-13-32-16-5-3-4-6-17(16)33-20/h3-6,11-12,20H,7-10,13H2,1-2H3,(H2,24,25,26)/i1D3,2D3,7D2,8D2,9D2,10D2,13D2/hD2. The van der Waals surface area contributed by atoms with Crippen LogP contribution in [0, 0.1) is 0 Å². The number of piperazine rings is 1. The van der Waals surface area contributed by atoms with E-state index in [1.807, 2.05) is 0 Å². The van der Waals surface area contributed by atoms with Crippen molar-refractivity contribution >= 4 is 28.6 Å². The predicted molar refractivity (Wildman–Crippen MR) is 122 cm³/mol. The first-order chi connectivity index (χ1) is 23.0. The van der Waals surface area contributed by atoms with Gasteiger partial charge in [0.25, 0.3) is 5.91 Å². The number of para-hydroxylation sites is 2. The van der Waals surface area contributed by atoms with Gasteiger partial charge in [0.1, 0.15) is 12.4 Å². The quantitative estimate of drug-likeness (QED) is 0.597. The molecule has 33 heavy (non-hydrogen) atoms. The molecule has 0 aliphatic carbocycles. The number of aromatic nitrogens is 2. The lowest BCUT2D eigenvalue weighted by atomic mass is 10.2. The second-order valence-corrected chi connectivity index (χ2v) is 6.49. The summed E-state index contributed by atoms with van der Waals surface area (Å²) in [5, 5.41) is -0.432. The second-order valence-electron chi connectivity index (χ2n) is 6.49. The molecule has 2 aromatic carbocycles. The van der Waals surface area contributed by atoms with Gasteiger partial charge in [0.05, 0.1) is 41.5 Å². The number of rotatable bonds is 5. The lowest BCUT2D eigenvalue weighted by Gasteiger charge is -2.37. The van der Waals surface area contributed by atoms with Crippen molar-refractivity contribution in [1.82, 2.24) is 14.9 Å². The summed E-state index contributed by atoms with van der Waals surface area (Å²) in [6.45, 7) is -18.7. The Labute approximate surface area is 216 Å². The Morgan fingerprint density at radius 3 is 2.67 bits per heavy atom. The van der Waals surface area contributed by atoms with Crippen LogP contribution >= 0.6 is 0 Å². The molecule has 0 spiro atoms. The van der Waals surface area contributed by atoms with Crippen molar-refractivity contribution in [2.45, 2.75) is 6.10 Å². The SMILES string of the molecule is [2H]N([2H])c1nc(N2C([2H])([2H])C([2H])([2H])N(C(=O)C3Oc4ccccc4OC3([2H])[2H])C([2H])([2H])C2([2H])[2H])nc2cc(OC([2H])([2H])[2H])c(OC([2H])([2H])[2H])cc12. The van der Waals surface area contributed by atoms with Crippen LogP contribution in [0.25, 0.3) is 10.9 Å². The van der Waals surface area contributed by atoms with Crippen molar-refractivity contribution in [3.8, 4) is 23.0 Å². The number of ether oxygens (including phenoxy) is 4. The van der Waals surface area contributed by atoms with Crippen molar-refractivity contribution < 1.29 is 48.5 Å². The highest BCUT2D eigenvalue weighted by molar-refractivity contribution is 5.91. The first kappa shape index (κ1) is 8.77. The third-order valence-corrected chi connectivity index (χ3v) is 4.51. The van der Waals surface area contributed by atoms with E-state index in [0.717, 1.165) is 12.1 Å². The fraction of sp³-hybridized carbons (Fsp3) is 0.348. The van der Waals surface area contributed by atoms with Crippen LogP contribution in [0.2, 0.25) is 2.82 Å². The molecule has 2 N–H and O–H groups in total. The third kappa shape index (κ3) is 3.88. The van der Waals surface area contributed by atoms with E-state index in [4.69, 9.17) is 43.7 Å². The number of methoxy groups -OCH3 is 2. The maximum atomic E-state index is 13.9. The van der Waals surface area contributed by atoms with Crippen LogP contribution in [0.4, 0.5) is 11.8 Å². The number of carbonyl (C=O) groups excluding carboxylic acids is 1. The van der Waals surface area contributed by atoms with E-state index in [-0.39, 0.29) is 22.1 Å². The molecule has 3 heterocycles. The van der Waals surface area contributed by atoms with Gasteiger partial charge >= 0.3 is 0 Å². The van der Waals surface area contributed by atoms with Crippen molar-refractivity contribution in [2.24, 2.45) is 0 Å². The van der Waals surface area contributed by atoms with Crippen LogP contribution in [0.3, 0.4) is 0 Å². The van der Waals surface area contributed by atoms with E-state index in [2.05, 4.69) is 9.97 Å². The fourth-order valence-corrected chi connectivity index (χ4v) is 2.95. The molecule has 1 atom stereocenters. The minimum atomic E-state index is -3.93. The summed E-state index contributed by atoms with van der Waals surface area (Å²) >= 11 is 0. The average Bonchev–Trinajstić information content (AvgIpc) is 2.93. The van der Waals surface area contributed by atoms with Crippen molar-refractivity contribution in [1.29, 1.82) is 0 Å². The summed E-state index contributed by atoms with van der Waals surface area (Å²) in [6.07, 6.45) is -2.48. The monoisotopic (exact) mass is 469 g/mol. The number of anilines is 2. The molecule has 2 aliphatic rings. The molecule has 10 nitrogen and oxygen atoms in total. The number of amides is 1. The number of hydrogen-bond acceptors (Lipinski definition) is 9. The Morgan fingerprint density at radius 2 is 1.91 bits per heavy atom. The van der Waals surface area contributed by atoms with Crippen LogP contribution in [0.1, 0.15) is 21.9 Å². The molecule has 1 fully saturated rings. The minimum Gasteiger partial charge on any atom is -0.493 e. The van der Waals surface area contributed by atoms with E-state index in [0.29, 0.717) is 0 Å². The molecular weight excluding hydrogens is 426 g/mol. The van der Waals surface area contributed by atoms with Crippen LogP contribution in [-0.2, 0) is 4.79 Å². The topological polar surface area (TPSA) is 112 Å². The molecule has 2 aliphatic heterocycles. The molecule has 1 aromatic heterocycles. The van der Waals surface area contributed by atoms with Crippen LogP contribution in [0.15, 0.2) is 36.4 Å². The summed E-state index contributed by atoms with van der Waals surface area (Å²) in [4.78, 5) is 20.9. The van der Waals surface area contributed by atoms with E-state index in [1.165, 1.54) is 24.3 Å². The zero-order valence-electron chi connectivity index (χ0n) is 34.3. The van der Waals surface area contributed by atoms with Gasteiger partial charge in [0, 0.05) is 37.4 Å². The number of nitrogen functional groups attached to an aromatic ring is 1. The van der Waals surface area contributed by atoms with Crippen molar-refractivity contribution in [3.63, 3.8) is 0 Å². The highest BCUT2D eigenvalue weighted by atomic mass is 16.6. The molecule has 5 rings (SSSR count). The van der Waals surface area contributed by atoms with E-state index < -0.39 is 97.7 Å². The summed E-state index contributed by atoms with van der Waals surface area (Å²) in [5.74, 6) is -5.92. The van der Waals surface area contributed by atoms with E-state index >= 15 is 0 Å². The molecular formula is C23H25N5O5. The summed E-state index contributed by atoms with van der Waals surface area (Å²) in [7, 11) is -6.40. The molecule has 0 radical (unpaired) electrons. The lowest BCUT2D eigenvalue weighted by Crippen LogP contribution is -2.54. The van der Waals surface area contributed by atoms with Gasteiger partial charge in [-0.2, -0.15) is 4.98 Å². The van der Waals surface area contributed by atoms with Crippen molar-refractivity contribution in [3.05, 3.63) is 36.4 Å². The third-order valence-electron chi connectivity index (χ3n) is 4.51. The first-order valence-electron chi connectivity index (χ1n) is 18.0. The van der Waals surface area contributed by atoms with E-state index in [9.17, 15) is 4.79 Å². The maximum Gasteiger partial charge on any atom is 0.267 e. The molecule has 1 amide bonds. The number of carbonyl (C=O) groups is 1. The molecule has 10 heteroatoms. The van der Waals surface area contributed by atoms with Crippen molar-refractivity contribution in [2.75, 3.05) is 57.2 Å². The number of nitrogens with two attached hydrogens (primary N) is 1. The van der Waals surface area contributed by atoms with Crippen LogP contribution in [0.5, 0.6) is 23.0 Å². The average molecular weight is 470 g/mol. The summed E-state index contributed by atoms with van der Waals surface area (Å²) in [5.41, 5.74) is -0.784. The number of nitrogens with zero attached hydrogens (tertiary/aromatic N) is 4. The predicted octanol–water partition coefficient (Wildman–Crippen LogP) is 1.72. The number of fused-ring (bicyclic) bond motifs is 2. The van der Waals surface area contributed by atoms with Gasteiger partial charge in [-0.05, 0) is 18.2 Å². The zero-order chi connectivity index (χ0) is 38.5. The van der Waals surface area contributed by atoms with Gasteiger partial charge in [-0.1, -0.05) is 12.1 Å². The minimum absolute atomic E-state index is 0.167. The van der Waals surface area contributed by atoms with Gasteiger partial charge in [0.2, 0.25) is 12.1 Å². The molecule has 1 saturated heterocycles.